The van der Waals surface area contributed by atoms with Crippen LogP contribution in [0.3, 0.4) is 0 Å². The first-order valence-corrected chi connectivity index (χ1v) is 8.36. The van der Waals surface area contributed by atoms with Gasteiger partial charge in [-0.2, -0.15) is 0 Å². The Labute approximate surface area is 140 Å². The smallest absolute Gasteiger partial charge is 0.140 e. The molecule has 0 aromatic rings. The Morgan fingerprint density at radius 1 is 0.750 bits per heavy atom. The molecule has 4 aliphatic rings. The molecule has 0 radical (unpaired) electrons. The van der Waals surface area contributed by atoms with Crippen molar-refractivity contribution in [3.63, 3.8) is 0 Å². The largest absolute Gasteiger partial charge is 0.390 e. The molecule has 8 atom stereocenters. The molecule has 0 spiro atoms. The van der Waals surface area contributed by atoms with E-state index in [1.165, 1.54) is 0 Å². The van der Waals surface area contributed by atoms with E-state index in [2.05, 4.69) is 0 Å². The van der Waals surface area contributed by atoms with Gasteiger partial charge < -0.3 is 20.4 Å². The first-order valence-electron chi connectivity index (χ1n) is 8.36. The topological polar surface area (TPSA) is 115 Å². The van der Waals surface area contributed by atoms with Crippen molar-refractivity contribution in [3.05, 3.63) is 23.3 Å². The maximum absolute atomic E-state index is 11.0. The summed E-state index contributed by atoms with van der Waals surface area (Å²) < 4.78 is 0. The third-order valence-corrected chi connectivity index (χ3v) is 5.88. The van der Waals surface area contributed by atoms with Gasteiger partial charge in [-0.05, 0) is 25.0 Å². The summed E-state index contributed by atoms with van der Waals surface area (Å²) in [5.74, 6) is 0.0646. The predicted molar refractivity (Wildman–Crippen MR) is 84.7 cm³/mol. The Morgan fingerprint density at radius 3 is 1.38 bits per heavy atom. The molecule has 4 rings (SSSR count). The van der Waals surface area contributed by atoms with Crippen LogP contribution in [-0.4, -0.2) is 56.4 Å². The summed E-state index contributed by atoms with van der Waals surface area (Å²) in [5, 5.41) is 37.9. The van der Waals surface area contributed by atoms with E-state index in [1.54, 1.807) is 26.0 Å². The van der Waals surface area contributed by atoms with Gasteiger partial charge >= 0.3 is 0 Å². The third-order valence-electron chi connectivity index (χ3n) is 5.88. The summed E-state index contributed by atoms with van der Waals surface area (Å²) in [6, 6.07) is 0. The Kier molecular flexibility index (Phi) is 4.51. The van der Waals surface area contributed by atoms with Crippen LogP contribution in [-0.2, 0) is 9.59 Å². The number of fused-ring (bicyclic) bond motifs is 2. The van der Waals surface area contributed by atoms with E-state index in [1.807, 2.05) is 0 Å². The van der Waals surface area contributed by atoms with Crippen LogP contribution in [0.1, 0.15) is 26.7 Å². The average Bonchev–Trinajstić information content (AvgIpc) is 2.55. The van der Waals surface area contributed by atoms with E-state index < -0.39 is 24.4 Å². The molecule has 2 saturated carbocycles. The van der Waals surface area contributed by atoms with Gasteiger partial charge in [-0.25, -0.2) is 0 Å². The molecule has 0 amide bonds. The molecule has 0 aromatic heterocycles. The summed E-state index contributed by atoms with van der Waals surface area (Å²) in [4.78, 5) is 22.1. The van der Waals surface area contributed by atoms with Gasteiger partial charge in [-0.3, -0.25) is 9.59 Å². The lowest BCUT2D eigenvalue weighted by atomic mass is 9.64. The van der Waals surface area contributed by atoms with Crippen molar-refractivity contribution in [3.8, 4) is 0 Å². The third kappa shape index (κ3) is 2.67. The maximum Gasteiger partial charge on any atom is 0.140 e. The SMILES string of the molecule is CC1=C[C@H]2C(=O)C[C@H]2[C@H](O)[C@H]1O.CC1=C[C@H]2C(=O)C[C@H]2[C@H](O)[C@H]1O. The number of rotatable bonds is 0. The van der Waals surface area contributed by atoms with Gasteiger partial charge in [-0.1, -0.05) is 12.2 Å². The lowest BCUT2D eigenvalue weighted by molar-refractivity contribution is -0.141. The normalized spacial score (nSPS) is 46.2. The number of carbonyl (C=O) groups is 2. The molecular weight excluding hydrogens is 312 g/mol. The van der Waals surface area contributed by atoms with Crippen LogP contribution < -0.4 is 0 Å². The van der Waals surface area contributed by atoms with Crippen LogP contribution in [0, 0.1) is 23.7 Å². The average molecular weight is 336 g/mol. The van der Waals surface area contributed by atoms with Crippen molar-refractivity contribution >= 4 is 11.6 Å². The monoisotopic (exact) mass is 336 g/mol. The Morgan fingerprint density at radius 2 is 1.08 bits per heavy atom. The zero-order chi connectivity index (χ0) is 17.8. The Hall–Kier alpha value is -1.34. The molecular formula is C18H24O6. The number of ketones is 2. The van der Waals surface area contributed by atoms with Crippen LogP contribution in [0.2, 0.25) is 0 Å². The molecule has 0 heterocycles. The van der Waals surface area contributed by atoms with Crippen molar-refractivity contribution in [2.45, 2.75) is 51.1 Å². The number of hydrogen-bond donors (Lipinski definition) is 4. The highest BCUT2D eigenvalue weighted by Gasteiger charge is 2.48. The summed E-state index contributed by atoms with van der Waals surface area (Å²) >= 11 is 0. The molecule has 4 aliphatic carbocycles. The van der Waals surface area contributed by atoms with Gasteiger partial charge in [0.25, 0.3) is 0 Å². The molecule has 24 heavy (non-hydrogen) atoms. The van der Waals surface area contributed by atoms with Gasteiger partial charge in [0.15, 0.2) is 0 Å². The predicted octanol–water partition coefficient (Wildman–Crippen LogP) is -0.253. The molecule has 0 aliphatic heterocycles. The van der Waals surface area contributed by atoms with Gasteiger partial charge in [-0.15, -0.1) is 0 Å². The van der Waals surface area contributed by atoms with Crippen LogP contribution in [0.4, 0.5) is 0 Å². The van der Waals surface area contributed by atoms with E-state index in [9.17, 15) is 30.0 Å². The Balaban J connectivity index is 0.000000141. The second-order valence-electron chi connectivity index (χ2n) is 7.41. The number of allylic oxidation sites excluding steroid dienone is 2. The molecule has 2 fully saturated rings. The first-order chi connectivity index (χ1) is 11.2. The zero-order valence-corrected chi connectivity index (χ0v) is 13.8. The highest BCUT2D eigenvalue weighted by molar-refractivity contribution is 5.90. The summed E-state index contributed by atoms with van der Waals surface area (Å²) in [5.41, 5.74) is 1.44. The van der Waals surface area contributed by atoms with Gasteiger partial charge in [0, 0.05) is 36.5 Å². The molecule has 0 aromatic carbocycles. The molecule has 4 N–H and O–H groups in total. The fourth-order valence-corrected chi connectivity index (χ4v) is 4.02. The lowest BCUT2D eigenvalue weighted by Crippen LogP contribution is -2.51. The van der Waals surface area contributed by atoms with Gasteiger partial charge in [0.2, 0.25) is 0 Å². The fraction of sp³-hybridized carbons (Fsp3) is 0.667. The summed E-state index contributed by atoms with van der Waals surface area (Å²) in [6.07, 6.45) is 1.41. The summed E-state index contributed by atoms with van der Waals surface area (Å²) in [6.45, 7) is 3.49. The summed E-state index contributed by atoms with van der Waals surface area (Å²) in [7, 11) is 0. The molecule has 0 saturated heterocycles. The van der Waals surface area contributed by atoms with E-state index in [-0.39, 0.29) is 35.2 Å². The Bertz CT molecular complexity index is 567. The van der Waals surface area contributed by atoms with Crippen molar-refractivity contribution in [1.82, 2.24) is 0 Å². The molecule has 6 nitrogen and oxygen atoms in total. The van der Waals surface area contributed by atoms with Crippen LogP contribution in [0.15, 0.2) is 23.3 Å². The minimum atomic E-state index is -0.764. The number of hydrogen-bond acceptors (Lipinski definition) is 6. The second kappa shape index (κ2) is 6.19. The maximum atomic E-state index is 11.0. The van der Waals surface area contributed by atoms with E-state index in [0.717, 1.165) is 11.1 Å². The molecule has 0 unspecified atom stereocenters. The van der Waals surface area contributed by atoms with Crippen molar-refractivity contribution in [2.24, 2.45) is 23.7 Å². The molecule has 0 bridgehead atoms. The number of aliphatic hydroxyl groups is 4. The van der Waals surface area contributed by atoms with Gasteiger partial charge in [0.05, 0.1) is 12.2 Å². The standard InChI is InChI=1S/2C9H12O3/c2*1-4-2-5-6(3-7(5)10)9(12)8(4)11/h2*2,5-6,8-9,11-12H,3H2,1H3/t2*5-,6-,8+,9+/m11/s1. The molecule has 6 heteroatoms. The van der Waals surface area contributed by atoms with Crippen LogP contribution >= 0.6 is 0 Å². The number of Topliss-reactive ketones (excluding diaryl/α,β-unsaturated/α-hetero) is 2. The second-order valence-corrected chi connectivity index (χ2v) is 7.41. The minimum absolute atomic E-state index is 0.0313. The fourth-order valence-electron chi connectivity index (χ4n) is 4.02. The highest BCUT2D eigenvalue weighted by atomic mass is 16.3. The van der Waals surface area contributed by atoms with Gasteiger partial charge in [0.1, 0.15) is 23.8 Å². The van der Waals surface area contributed by atoms with E-state index in [0.29, 0.717) is 12.8 Å². The zero-order valence-electron chi connectivity index (χ0n) is 13.8. The number of carbonyl (C=O) groups excluding carboxylic acids is 2. The van der Waals surface area contributed by atoms with Crippen molar-refractivity contribution in [1.29, 1.82) is 0 Å². The minimum Gasteiger partial charge on any atom is -0.390 e. The van der Waals surface area contributed by atoms with Crippen molar-refractivity contribution < 1.29 is 30.0 Å². The van der Waals surface area contributed by atoms with E-state index >= 15 is 0 Å². The highest BCUT2D eigenvalue weighted by Crippen LogP contribution is 2.41. The van der Waals surface area contributed by atoms with E-state index in [4.69, 9.17) is 0 Å². The lowest BCUT2D eigenvalue weighted by Gasteiger charge is -2.42. The van der Waals surface area contributed by atoms with Crippen LogP contribution in [0.25, 0.3) is 0 Å². The van der Waals surface area contributed by atoms with Crippen LogP contribution in [0.5, 0.6) is 0 Å². The molecule has 132 valence electrons. The first kappa shape index (κ1) is 17.5. The quantitative estimate of drug-likeness (QED) is 0.453. The van der Waals surface area contributed by atoms with Crippen molar-refractivity contribution in [2.75, 3.05) is 0 Å². The number of aliphatic hydroxyl groups excluding tert-OH is 4.